The number of carbonyl (C=O) groups is 21. The Morgan fingerprint density at radius 2 is 1.12 bits per heavy atom. The van der Waals surface area contributed by atoms with Crippen molar-refractivity contribution in [2.24, 2.45) is 11.7 Å². The number of H-pyrrole nitrogens is 1. The minimum Gasteiger partial charge on any atom is -0.481 e. The Kier molecular flexibility index (Phi) is 42.6. The van der Waals surface area contributed by atoms with Gasteiger partial charge >= 0.3 is 29.8 Å². The zero-order chi connectivity index (χ0) is 96.0. The Balaban J connectivity index is 1.40. The number of Topliss-reactive ketones (excluding diaryl/α,β-unsaturated/α-hetero) is 1. The van der Waals surface area contributed by atoms with Crippen molar-refractivity contribution in [2.75, 3.05) is 37.7 Å². The number of esters is 1. The highest BCUT2D eigenvalue weighted by Crippen LogP contribution is 2.33. The number of cyclic esters (lactones) is 1. The molecule has 3 saturated heterocycles. The number of hydrogen-bond donors (Lipinski definition) is 25. The summed E-state index contributed by atoms with van der Waals surface area (Å²) in [6.07, 6.45) is -0.989. The fraction of sp³-hybridized carbons (Fsp3) is 0.561. The third-order valence-corrected chi connectivity index (χ3v) is 22.8. The number of aliphatic hydroxyl groups excluding tert-OH is 1. The van der Waals surface area contributed by atoms with Crippen LogP contribution in [0.15, 0.2) is 54.7 Å². The maximum absolute atomic E-state index is 15.0. The Hall–Kier alpha value is -13.6. The van der Waals surface area contributed by atoms with Gasteiger partial charge in [0.25, 0.3) is 0 Å². The molecular formula is C82H116N20O27S. The number of benzene rings is 2. The standard InChI is InChI=1S/C82H116N20O27S/c1-5-6-7-8-9-10-11-26-61(107)92-49(29-43-35-87-47-22-15-13-19-44(43)47)75(122)95-50(31-59(84)105)76(123)97-53(34-67(116)117)77(124)101-69-42(4)129-81(128)54(30-57(104)45-20-12-14-21-46(45)83)98-80(127)68(40(2)28-64(110)111)100-78(125)55(38-103)93-63(109)36-88-72(119)51(32-65(112)113)94-71(118)41(3)90-74(121)52(33-66(114)115)96-73(120)48(91-62(108)37-89-79(69)126)23-18-27-86-60(106)25-17-16-24-58-70-56(39-130-58)99-82(85)102-70/h12-15,19-22,35,40-42,48-56,58,68-70,87,103H,5-11,16-18,23-34,36-39,83H2,1-4H3,(H2,84,105)(H,86,106)(H,88,119)(H,89,126)(H,90,121)(H,91,108)(H,92,107)(H,93,109)(H,94,118)(H,95,122)(H,96,120)(H,97,123)(H,98,127)(H,100,125)(H,101,124)(H,110,111)(H,112,113)(H,114,115)(H,116,117)(H3,85,99,102). The number of anilines is 1. The smallest absolute Gasteiger partial charge is 0.329 e. The van der Waals surface area contributed by atoms with Crippen LogP contribution in [0.25, 0.3) is 10.9 Å². The SMILES string of the molecule is CCCCCCCCCC(=O)NC(Cc1c[nH]c2ccccc12)C(=O)NC(CC(N)=O)C(=O)NC(CC(=O)O)C(=O)NC1C(=O)NCC(=O)NC(CCCNC(=O)CCCCC2SCC3NC(=N)NC32)C(=O)NC(CC(=O)O)C(=O)NC(C)C(=O)NC(CC(=O)O)C(=O)NCC(=O)NC(CO)C(=O)NC(C(C)CC(=O)O)C(=O)NC(CC(=O)c2ccccc2N)C(=O)OC1C. The van der Waals surface area contributed by atoms with Crippen LogP contribution in [0, 0.1) is 11.3 Å². The number of carboxylic acids is 4. The summed E-state index contributed by atoms with van der Waals surface area (Å²) in [7, 11) is 0. The molecule has 47 nitrogen and oxygen atoms in total. The number of primary amides is 1. The summed E-state index contributed by atoms with van der Waals surface area (Å²) in [6.45, 7) is 0.988. The van der Waals surface area contributed by atoms with Crippen molar-refractivity contribution in [1.29, 1.82) is 5.41 Å². The van der Waals surface area contributed by atoms with Gasteiger partial charge in [0.15, 0.2) is 11.7 Å². The first kappa shape index (κ1) is 105. The summed E-state index contributed by atoms with van der Waals surface area (Å²) in [5.41, 5.74) is 12.4. The van der Waals surface area contributed by atoms with Crippen LogP contribution < -0.4 is 96.5 Å². The van der Waals surface area contributed by atoms with Crippen molar-refractivity contribution in [3.8, 4) is 0 Å². The van der Waals surface area contributed by atoms with E-state index in [1.807, 2.05) is 16.0 Å². The number of carboxylic acid groups (broad SMARTS) is 4. The molecule has 16 atom stereocenters. The highest BCUT2D eigenvalue weighted by atomic mass is 32.2. The third kappa shape index (κ3) is 34.9. The molecule has 3 aliphatic rings. The molecule has 4 heterocycles. The number of nitrogens with two attached hydrogens (primary N) is 2. The number of nitrogen functional groups attached to an aromatic ring is 1. The van der Waals surface area contributed by atoms with Crippen LogP contribution in [0.4, 0.5) is 5.69 Å². The predicted molar refractivity (Wildman–Crippen MR) is 461 cm³/mol. The fourth-order valence-corrected chi connectivity index (χ4v) is 15.9. The molecule has 0 aliphatic carbocycles. The molecule has 15 amide bonds. The number of aromatic nitrogens is 1. The number of aliphatic carboxylic acids is 4. The lowest BCUT2D eigenvalue weighted by Gasteiger charge is -2.30. The predicted octanol–water partition coefficient (Wildman–Crippen LogP) is -4.92. The number of carbonyl (C=O) groups excluding carboxylic acids is 17. The monoisotopic (exact) mass is 1840 g/mol. The summed E-state index contributed by atoms with van der Waals surface area (Å²) >= 11 is 1.72. The fourth-order valence-electron chi connectivity index (χ4n) is 14.3. The molecule has 3 aliphatic heterocycles. The molecule has 0 radical (unpaired) electrons. The second-order valence-electron chi connectivity index (χ2n) is 31.7. The summed E-state index contributed by atoms with van der Waals surface area (Å²) in [4.78, 5) is 293. The molecule has 3 aromatic rings. The highest BCUT2D eigenvalue weighted by molar-refractivity contribution is 8.00. The lowest BCUT2D eigenvalue weighted by Crippen LogP contribution is -2.62. The molecule has 16 unspecified atom stereocenters. The number of ketones is 1. The van der Waals surface area contributed by atoms with Gasteiger partial charge in [0.2, 0.25) is 88.6 Å². The van der Waals surface area contributed by atoms with Crippen molar-refractivity contribution in [3.05, 3.63) is 65.9 Å². The Labute approximate surface area is 749 Å². The normalized spacial score (nSPS) is 22.7. The number of unbranched alkanes of at least 4 members (excludes halogenated alkanes) is 7. The Bertz CT molecular complexity index is 4630. The van der Waals surface area contributed by atoms with E-state index >= 15 is 9.59 Å². The maximum Gasteiger partial charge on any atom is 0.329 e. The quantitative estimate of drug-likeness (QED) is 0.0110. The number of aromatic amines is 1. The number of thioether (sulfide) groups is 1. The first-order valence-corrected chi connectivity index (χ1v) is 43.5. The van der Waals surface area contributed by atoms with Crippen molar-refractivity contribution in [3.63, 3.8) is 0 Å². The van der Waals surface area contributed by atoms with Crippen LogP contribution in [0.1, 0.15) is 172 Å². The maximum atomic E-state index is 15.0. The van der Waals surface area contributed by atoms with Crippen LogP contribution in [0.2, 0.25) is 0 Å². The number of rotatable bonds is 41. The molecule has 3 fully saturated rings. The summed E-state index contributed by atoms with van der Waals surface area (Å²) in [5, 5.41) is 96.5. The Morgan fingerprint density at radius 1 is 0.554 bits per heavy atom. The van der Waals surface area contributed by atoms with Gasteiger partial charge in [0.1, 0.15) is 72.6 Å². The molecule has 0 saturated carbocycles. The van der Waals surface area contributed by atoms with Crippen molar-refractivity contribution >= 4 is 159 Å². The van der Waals surface area contributed by atoms with Crippen LogP contribution in [-0.4, -0.2) is 283 Å². The van der Waals surface area contributed by atoms with E-state index in [-0.39, 0.29) is 66.8 Å². The van der Waals surface area contributed by atoms with Gasteiger partial charge in [-0.15, -0.1) is 0 Å². The number of nitrogens with one attached hydrogen (secondary N) is 18. The second-order valence-corrected chi connectivity index (χ2v) is 33.0. The van der Waals surface area contributed by atoms with Gasteiger partial charge in [0, 0.05) is 71.6 Å². The van der Waals surface area contributed by atoms with Crippen molar-refractivity contribution in [2.45, 2.75) is 252 Å². The van der Waals surface area contributed by atoms with E-state index in [4.69, 9.17) is 21.6 Å². The van der Waals surface area contributed by atoms with Crippen LogP contribution in [0.3, 0.4) is 0 Å². The molecule has 48 heteroatoms. The van der Waals surface area contributed by atoms with Crippen LogP contribution in [-0.2, 0) is 107 Å². The molecule has 712 valence electrons. The zero-order valence-electron chi connectivity index (χ0n) is 72.1. The number of ether oxygens (including phenoxy) is 1. The van der Waals surface area contributed by atoms with Gasteiger partial charge in [-0.2, -0.15) is 11.8 Å². The van der Waals surface area contributed by atoms with E-state index in [9.17, 15) is 117 Å². The molecule has 6 rings (SSSR count). The second kappa shape index (κ2) is 52.7. The minimum atomic E-state index is -2.49. The number of para-hydroxylation sites is 2. The number of hydrogen-bond acceptors (Lipinski definition) is 26. The van der Waals surface area contributed by atoms with E-state index in [1.54, 1.807) is 42.2 Å². The zero-order valence-corrected chi connectivity index (χ0v) is 72.9. The minimum absolute atomic E-state index is 0.0301. The molecular weight excluding hydrogens is 1730 g/mol. The first-order chi connectivity index (χ1) is 61.6. The van der Waals surface area contributed by atoms with E-state index in [0.717, 1.165) is 58.6 Å². The van der Waals surface area contributed by atoms with Gasteiger partial charge in [0.05, 0.1) is 63.9 Å². The van der Waals surface area contributed by atoms with Gasteiger partial charge in [-0.05, 0) is 75.6 Å². The average Bonchev–Trinajstić information content (AvgIpc) is 1.65. The van der Waals surface area contributed by atoms with Gasteiger partial charge in [-0.25, -0.2) is 4.79 Å². The third-order valence-electron chi connectivity index (χ3n) is 21.3. The lowest BCUT2D eigenvalue weighted by molar-refractivity contribution is -0.156. The molecule has 130 heavy (non-hydrogen) atoms. The molecule has 0 spiro atoms. The largest absolute Gasteiger partial charge is 0.481 e. The van der Waals surface area contributed by atoms with Crippen LogP contribution in [0.5, 0.6) is 0 Å². The van der Waals surface area contributed by atoms with E-state index < -0.39 is 267 Å². The molecule has 2 aromatic carbocycles. The topological polar surface area (TPSA) is 753 Å². The van der Waals surface area contributed by atoms with E-state index in [2.05, 4.69) is 81.0 Å². The number of fused-ring (bicyclic) bond motifs is 2. The highest BCUT2D eigenvalue weighted by Gasteiger charge is 2.44. The summed E-state index contributed by atoms with van der Waals surface area (Å²) in [6, 6.07) is -10.9. The van der Waals surface area contributed by atoms with Crippen LogP contribution >= 0.6 is 11.8 Å². The number of amides is 15. The van der Waals surface area contributed by atoms with Gasteiger partial charge in [-0.1, -0.05) is 89.1 Å². The van der Waals surface area contributed by atoms with Crippen molar-refractivity contribution in [1.82, 2.24) is 90.1 Å². The van der Waals surface area contributed by atoms with Crippen molar-refractivity contribution < 1.29 is 131 Å². The van der Waals surface area contributed by atoms with E-state index in [0.29, 0.717) is 48.6 Å². The van der Waals surface area contributed by atoms with Gasteiger partial charge < -0.3 is 132 Å². The van der Waals surface area contributed by atoms with E-state index in [1.165, 1.54) is 24.3 Å². The average molecular weight is 1850 g/mol. The Morgan fingerprint density at radius 3 is 1.77 bits per heavy atom. The first-order valence-electron chi connectivity index (χ1n) is 42.4. The number of guanidine groups is 1. The molecule has 27 N–H and O–H groups in total. The van der Waals surface area contributed by atoms with Gasteiger partial charge in [-0.3, -0.25) is 101 Å². The lowest BCUT2D eigenvalue weighted by atomic mass is 9.96. The summed E-state index contributed by atoms with van der Waals surface area (Å²) < 4.78 is 5.74. The molecule has 0 bridgehead atoms. The number of aliphatic hydroxyl groups is 1. The summed E-state index contributed by atoms with van der Waals surface area (Å²) in [5.74, 6) is -29.6. The molecule has 1 aromatic heterocycles.